The van der Waals surface area contributed by atoms with Crippen molar-refractivity contribution in [1.82, 2.24) is 0 Å². The van der Waals surface area contributed by atoms with Crippen molar-refractivity contribution >= 4 is 44.9 Å². The van der Waals surface area contributed by atoms with Gasteiger partial charge in [-0.1, -0.05) is 27.5 Å². The van der Waals surface area contributed by atoms with Crippen molar-refractivity contribution < 1.29 is 4.79 Å². The predicted octanol–water partition coefficient (Wildman–Crippen LogP) is 3.83. The molecule has 0 aliphatic rings. The largest absolute Gasteiger partial charge is 0.293 e. The zero-order chi connectivity index (χ0) is 10.0. The Morgan fingerprint density at radius 3 is 2.69 bits per heavy atom. The van der Waals surface area contributed by atoms with E-state index < -0.39 is 0 Å². The van der Waals surface area contributed by atoms with Gasteiger partial charge in [0.15, 0.2) is 5.78 Å². The number of aryl methyl sites for hydroxylation is 1. The van der Waals surface area contributed by atoms with E-state index >= 15 is 0 Å². The standard InChI is InChI=1S/C9H7BrCl2O/c1-5-2-8(12)6(3-7(5)10)9(13)4-11/h2-3H,4H2,1H3. The van der Waals surface area contributed by atoms with Gasteiger partial charge in [0.05, 0.1) is 10.9 Å². The Bertz CT molecular complexity index is 350. The van der Waals surface area contributed by atoms with Gasteiger partial charge in [0, 0.05) is 10.0 Å². The molecule has 0 amide bonds. The van der Waals surface area contributed by atoms with Gasteiger partial charge >= 0.3 is 0 Å². The van der Waals surface area contributed by atoms with Gasteiger partial charge in [0.1, 0.15) is 0 Å². The number of carbonyl (C=O) groups excluding carboxylic acids is 1. The van der Waals surface area contributed by atoms with Crippen molar-refractivity contribution in [3.63, 3.8) is 0 Å². The summed E-state index contributed by atoms with van der Waals surface area (Å²) in [6.07, 6.45) is 0. The number of rotatable bonds is 2. The maximum absolute atomic E-state index is 11.3. The van der Waals surface area contributed by atoms with Crippen LogP contribution in [0.25, 0.3) is 0 Å². The lowest BCUT2D eigenvalue weighted by Gasteiger charge is -2.04. The molecular weight excluding hydrogens is 275 g/mol. The van der Waals surface area contributed by atoms with Crippen molar-refractivity contribution in [3.8, 4) is 0 Å². The first-order chi connectivity index (χ1) is 6.06. The fourth-order valence-electron chi connectivity index (χ4n) is 0.932. The Labute approximate surface area is 95.2 Å². The minimum atomic E-state index is -0.160. The molecule has 0 bridgehead atoms. The Morgan fingerprint density at radius 1 is 1.54 bits per heavy atom. The highest BCUT2D eigenvalue weighted by Crippen LogP contribution is 2.25. The number of Topliss-reactive ketones (excluding diaryl/α,β-unsaturated/α-hetero) is 1. The molecule has 1 aromatic carbocycles. The lowest BCUT2D eigenvalue weighted by atomic mass is 10.1. The molecule has 0 N–H and O–H groups in total. The lowest BCUT2D eigenvalue weighted by Crippen LogP contribution is -2.01. The number of carbonyl (C=O) groups is 1. The van der Waals surface area contributed by atoms with Crippen molar-refractivity contribution in [2.75, 3.05) is 5.88 Å². The molecule has 0 saturated carbocycles. The van der Waals surface area contributed by atoms with E-state index in [9.17, 15) is 4.79 Å². The zero-order valence-corrected chi connectivity index (χ0v) is 10.0. The first-order valence-corrected chi connectivity index (χ1v) is 5.31. The molecule has 0 fully saturated rings. The molecule has 70 valence electrons. The molecule has 0 unspecified atom stereocenters. The number of halogens is 3. The third kappa shape index (κ3) is 2.46. The Morgan fingerprint density at radius 2 is 2.15 bits per heavy atom. The fourth-order valence-corrected chi connectivity index (χ4v) is 1.74. The van der Waals surface area contributed by atoms with Crippen molar-refractivity contribution in [1.29, 1.82) is 0 Å². The summed E-state index contributed by atoms with van der Waals surface area (Å²) in [5.74, 6) is -0.206. The summed E-state index contributed by atoms with van der Waals surface area (Å²) in [5, 5.41) is 0.450. The number of benzene rings is 1. The highest BCUT2D eigenvalue weighted by Gasteiger charge is 2.10. The second kappa shape index (κ2) is 4.45. The van der Waals surface area contributed by atoms with Gasteiger partial charge in [0.2, 0.25) is 0 Å². The molecular formula is C9H7BrCl2O. The summed E-state index contributed by atoms with van der Waals surface area (Å²) in [7, 11) is 0. The summed E-state index contributed by atoms with van der Waals surface area (Å²) in [6, 6.07) is 3.44. The number of ketones is 1. The maximum Gasteiger partial charge on any atom is 0.179 e. The molecule has 0 radical (unpaired) electrons. The quantitative estimate of drug-likeness (QED) is 0.595. The SMILES string of the molecule is Cc1cc(Cl)c(C(=O)CCl)cc1Br. The van der Waals surface area contributed by atoms with E-state index in [0.717, 1.165) is 10.0 Å². The molecule has 0 heterocycles. The van der Waals surface area contributed by atoms with E-state index in [-0.39, 0.29) is 11.7 Å². The van der Waals surface area contributed by atoms with Crippen molar-refractivity contribution in [2.24, 2.45) is 0 Å². The van der Waals surface area contributed by atoms with Crippen LogP contribution in [-0.2, 0) is 0 Å². The number of alkyl halides is 1. The van der Waals surface area contributed by atoms with Crippen molar-refractivity contribution in [2.45, 2.75) is 6.92 Å². The van der Waals surface area contributed by atoms with Gasteiger partial charge in [0.25, 0.3) is 0 Å². The minimum absolute atomic E-state index is 0.0464. The molecule has 0 saturated heterocycles. The molecule has 0 aliphatic carbocycles. The number of hydrogen-bond donors (Lipinski definition) is 0. The van der Waals surface area contributed by atoms with E-state index in [1.807, 2.05) is 6.92 Å². The molecule has 1 rings (SSSR count). The zero-order valence-electron chi connectivity index (χ0n) is 6.90. The third-order valence-electron chi connectivity index (χ3n) is 1.67. The molecule has 0 atom stereocenters. The molecule has 0 aliphatic heterocycles. The highest BCUT2D eigenvalue weighted by molar-refractivity contribution is 9.10. The van der Waals surface area contributed by atoms with E-state index in [1.165, 1.54) is 0 Å². The molecule has 1 nitrogen and oxygen atoms in total. The van der Waals surface area contributed by atoms with Crippen LogP contribution in [0.1, 0.15) is 15.9 Å². The van der Waals surface area contributed by atoms with E-state index in [4.69, 9.17) is 23.2 Å². The first kappa shape index (κ1) is 11.0. The van der Waals surface area contributed by atoms with Crippen LogP contribution < -0.4 is 0 Å². The molecule has 0 spiro atoms. The smallest absolute Gasteiger partial charge is 0.179 e. The molecule has 0 aromatic heterocycles. The van der Waals surface area contributed by atoms with Crippen LogP contribution in [0, 0.1) is 6.92 Å². The monoisotopic (exact) mass is 280 g/mol. The third-order valence-corrected chi connectivity index (χ3v) is 3.08. The second-order valence-corrected chi connectivity index (χ2v) is 4.17. The summed E-state index contributed by atoms with van der Waals surface area (Å²) in [6.45, 7) is 1.91. The van der Waals surface area contributed by atoms with Crippen LogP contribution in [0.2, 0.25) is 5.02 Å². The van der Waals surface area contributed by atoms with Gasteiger partial charge in [-0.25, -0.2) is 0 Å². The van der Waals surface area contributed by atoms with E-state index in [1.54, 1.807) is 12.1 Å². The summed E-state index contributed by atoms with van der Waals surface area (Å²) in [4.78, 5) is 11.3. The van der Waals surface area contributed by atoms with Gasteiger partial charge in [-0.2, -0.15) is 0 Å². The summed E-state index contributed by atoms with van der Waals surface area (Å²) < 4.78 is 0.866. The lowest BCUT2D eigenvalue weighted by molar-refractivity contribution is 0.102. The molecule has 1 aromatic rings. The van der Waals surface area contributed by atoms with Crippen LogP contribution >= 0.6 is 39.1 Å². The fraction of sp³-hybridized carbons (Fsp3) is 0.222. The van der Waals surface area contributed by atoms with Gasteiger partial charge in [-0.05, 0) is 24.6 Å². The topological polar surface area (TPSA) is 17.1 Å². The van der Waals surface area contributed by atoms with Crippen LogP contribution in [0.15, 0.2) is 16.6 Å². The van der Waals surface area contributed by atoms with Crippen LogP contribution in [-0.4, -0.2) is 11.7 Å². The average molecular weight is 282 g/mol. The Hall–Kier alpha value is -0.0500. The summed E-state index contributed by atoms with van der Waals surface area (Å²) >= 11 is 14.6. The van der Waals surface area contributed by atoms with Crippen LogP contribution in [0.5, 0.6) is 0 Å². The Balaban J connectivity index is 3.23. The Kier molecular flexibility index (Phi) is 3.77. The predicted molar refractivity (Wildman–Crippen MR) is 58.9 cm³/mol. The van der Waals surface area contributed by atoms with Crippen LogP contribution in [0.3, 0.4) is 0 Å². The van der Waals surface area contributed by atoms with Gasteiger partial charge in [-0.3, -0.25) is 4.79 Å². The minimum Gasteiger partial charge on any atom is -0.293 e. The maximum atomic E-state index is 11.3. The second-order valence-electron chi connectivity index (χ2n) is 2.64. The van der Waals surface area contributed by atoms with Crippen molar-refractivity contribution in [3.05, 3.63) is 32.8 Å². The molecule has 4 heteroatoms. The normalized spacial score (nSPS) is 10.2. The summed E-state index contributed by atoms with van der Waals surface area (Å²) in [5.41, 5.74) is 1.46. The van der Waals surface area contributed by atoms with E-state index in [2.05, 4.69) is 15.9 Å². The van der Waals surface area contributed by atoms with E-state index in [0.29, 0.717) is 10.6 Å². The van der Waals surface area contributed by atoms with Gasteiger partial charge in [-0.15, -0.1) is 11.6 Å². The number of hydrogen-bond acceptors (Lipinski definition) is 1. The highest BCUT2D eigenvalue weighted by atomic mass is 79.9. The first-order valence-electron chi connectivity index (χ1n) is 3.61. The average Bonchev–Trinajstić information content (AvgIpc) is 2.10. The van der Waals surface area contributed by atoms with Crippen LogP contribution in [0.4, 0.5) is 0 Å². The molecule has 13 heavy (non-hydrogen) atoms. The van der Waals surface area contributed by atoms with Gasteiger partial charge < -0.3 is 0 Å².